The molecular weight excluding hydrogens is 188 g/mol. The molecule has 0 saturated heterocycles. The molecule has 0 aliphatic carbocycles. The van der Waals surface area contributed by atoms with Crippen molar-refractivity contribution in [2.24, 2.45) is 17.8 Å². The third kappa shape index (κ3) is 5.41. The lowest BCUT2D eigenvalue weighted by Gasteiger charge is -2.19. The number of nitrogens with zero attached hydrogens (tertiary/aromatic N) is 1. The first kappa shape index (κ1) is 14.0. The summed E-state index contributed by atoms with van der Waals surface area (Å²) < 4.78 is 0. The van der Waals surface area contributed by atoms with Crippen LogP contribution in [0.1, 0.15) is 41.0 Å². The van der Waals surface area contributed by atoms with Crippen molar-refractivity contribution in [3.05, 3.63) is 0 Å². The molecule has 86 valence electrons. The fourth-order valence-electron chi connectivity index (χ4n) is 1.61. The summed E-state index contributed by atoms with van der Waals surface area (Å²) in [7, 11) is 0. The Bertz CT molecular complexity index is 240. The number of amides is 1. The topological polar surface area (TPSA) is 52.9 Å². The zero-order valence-electron chi connectivity index (χ0n) is 10.4. The Balaban J connectivity index is 4.18. The van der Waals surface area contributed by atoms with Crippen molar-refractivity contribution >= 4 is 5.91 Å². The van der Waals surface area contributed by atoms with Crippen LogP contribution in [0.25, 0.3) is 0 Å². The third-order valence-electron chi connectivity index (χ3n) is 2.30. The predicted octanol–water partition coefficient (Wildman–Crippen LogP) is 2.33. The van der Waals surface area contributed by atoms with Crippen molar-refractivity contribution in [2.75, 3.05) is 0 Å². The lowest BCUT2D eigenvalue weighted by molar-refractivity contribution is -0.125. The van der Waals surface area contributed by atoms with Gasteiger partial charge in [-0.15, -0.1) is 0 Å². The number of hydrogen-bond acceptors (Lipinski definition) is 2. The number of rotatable bonds is 5. The minimum atomic E-state index is -0.528. The minimum absolute atomic E-state index is 0.0706. The summed E-state index contributed by atoms with van der Waals surface area (Å²) in [5, 5.41) is 11.7. The molecular formula is C12H22N2O. The van der Waals surface area contributed by atoms with Crippen LogP contribution in [0.3, 0.4) is 0 Å². The lowest BCUT2D eigenvalue weighted by Crippen LogP contribution is -2.39. The van der Waals surface area contributed by atoms with Gasteiger partial charge in [-0.2, -0.15) is 5.26 Å². The fraction of sp³-hybridized carbons (Fsp3) is 0.833. The number of hydrogen-bond donors (Lipinski definition) is 1. The van der Waals surface area contributed by atoms with Gasteiger partial charge >= 0.3 is 0 Å². The second-order valence-electron chi connectivity index (χ2n) is 4.89. The van der Waals surface area contributed by atoms with E-state index in [1.54, 1.807) is 0 Å². The van der Waals surface area contributed by atoms with E-state index in [1.165, 1.54) is 0 Å². The zero-order chi connectivity index (χ0) is 12.0. The van der Waals surface area contributed by atoms with Crippen molar-refractivity contribution < 1.29 is 4.79 Å². The van der Waals surface area contributed by atoms with Gasteiger partial charge < -0.3 is 5.32 Å². The van der Waals surface area contributed by atoms with E-state index >= 15 is 0 Å². The van der Waals surface area contributed by atoms with Crippen molar-refractivity contribution in [3.63, 3.8) is 0 Å². The summed E-state index contributed by atoms with van der Waals surface area (Å²) >= 11 is 0. The Kier molecular flexibility index (Phi) is 6.00. The highest BCUT2D eigenvalue weighted by atomic mass is 16.1. The molecule has 1 N–H and O–H groups in total. The standard InChI is InChI=1S/C12H22N2O/c1-8(2)6-10(5)14-12(15)11(7-13)9(3)4/h8-11H,6H2,1-5H3,(H,14,15). The van der Waals surface area contributed by atoms with Crippen LogP contribution in [0.15, 0.2) is 0 Å². The van der Waals surface area contributed by atoms with Gasteiger partial charge in [0.05, 0.1) is 6.07 Å². The average Bonchev–Trinajstić information content (AvgIpc) is 2.01. The molecule has 0 aliphatic heterocycles. The molecule has 15 heavy (non-hydrogen) atoms. The van der Waals surface area contributed by atoms with Gasteiger partial charge in [0, 0.05) is 6.04 Å². The van der Waals surface area contributed by atoms with Crippen LogP contribution in [0.5, 0.6) is 0 Å². The molecule has 0 saturated carbocycles. The summed E-state index contributed by atoms with van der Waals surface area (Å²) in [6.07, 6.45) is 0.946. The molecule has 0 fully saturated rings. The molecule has 0 heterocycles. The van der Waals surface area contributed by atoms with Gasteiger partial charge in [-0.1, -0.05) is 27.7 Å². The first-order valence-electron chi connectivity index (χ1n) is 5.58. The Hall–Kier alpha value is -1.04. The Morgan fingerprint density at radius 3 is 2.13 bits per heavy atom. The molecule has 3 nitrogen and oxygen atoms in total. The van der Waals surface area contributed by atoms with E-state index in [0.717, 1.165) is 6.42 Å². The van der Waals surface area contributed by atoms with Gasteiger partial charge in [-0.3, -0.25) is 4.79 Å². The average molecular weight is 210 g/mol. The minimum Gasteiger partial charge on any atom is -0.352 e. The van der Waals surface area contributed by atoms with Crippen LogP contribution < -0.4 is 5.32 Å². The maximum atomic E-state index is 11.7. The number of carbonyl (C=O) groups is 1. The van der Waals surface area contributed by atoms with Crippen molar-refractivity contribution in [1.29, 1.82) is 5.26 Å². The van der Waals surface area contributed by atoms with Crippen molar-refractivity contribution in [1.82, 2.24) is 5.32 Å². The number of nitriles is 1. The summed E-state index contributed by atoms with van der Waals surface area (Å²) in [4.78, 5) is 11.7. The maximum Gasteiger partial charge on any atom is 0.237 e. The van der Waals surface area contributed by atoms with Crippen molar-refractivity contribution in [3.8, 4) is 6.07 Å². The highest BCUT2D eigenvalue weighted by Crippen LogP contribution is 2.11. The largest absolute Gasteiger partial charge is 0.352 e. The van der Waals surface area contributed by atoms with Gasteiger partial charge in [-0.25, -0.2) is 0 Å². The predicted molar refractivity (Wildman–Crippen MR) is 61.0 cm³/mol. The van der Waals surface area contributed by atoms with Gasteiger partial charge in [0.1, 0.15) is 5.92 Å². The number of nitrogens with one attached hydrogen (secondary N) is 1. The summed E-state index contributed by atoms with van der Waals surface area (Å²) in [5.41, 5.74) is 0. The maximum absolute atomic E-state index is 11.7. The molecule has 0 aromatic heterocycles. The van der Waals surface area contributed by atoms with Gasteiger partial charge in [0.15, 0.2) is 0 Å². The molecule has 3 heteroatoms. The quantitative estimate of drug-likeness (QED) is 0.757. The normalized spacial score (nSPS) is 14.8. The third-order valence-corrected chi connectivity index (χ3v) is 2.30. The van der Waals surface area contributed by atoms with E-state index < -0.39 is 5.92 Å². The van der Waals surface area contributed by atoms with E-state index in [4.69, 9.17) is 5.26 Å². The monoisotopic (exact) mass is 210 g/mol. The Morgan fingerprint density at radius 1 is 1.27 bits per heavy atom. The second kappa shape index (κ2) is 6.44. The van der Waals surface area contributed by atoms with Crippen LogP contribution in [0.4, 0.5) is 0 Å². The zero-order valence-corrected chi connectivity index (χ0v) is 10.4. The van der Waals surface area contributed by atoms with Crippen LogP contribution in [0, 0.1) is 29.1 Å². The molecule has 0 bridgehead atoms. The van der Waals surface area contributed by atoms with E-state index in [0.29, 0.717) is 5.92 Å². The Morgan fingerprint density at radius 2 is 1.80 bits per heavy atom. The molecule has 2 atom stereocenters. The van der Waals surface area contributed by atoms with Gasteiger partial charge in [0.25, 0.3) is 0 Å². The summed E-state index contributed by atoms with van der Waals surface area (Å²) in [6.45, 7) is 9.99. The first-order valence-corrected chi connectivity index (χ1v) is 5.58. The van der Waals surface area contributed by atoms with Crippen molar-refractivity contribution in [2.45, 2.75) is 47.1 Å². The fourth-order valence-corrected chi connectivity index (χ4v) is 1.61. The molecule has 0 rings (SSSR count). The molecule has 0 aromatic carbocycles. The Labute approximate surface area is 92.9 Å². The van der Waals surface area contributed by atoms with E-state index in [-0.39, 0.29) is 17.9 Å². The highest BCUT2D eigenvalue weighted by molar-refractivity contribution is 5.81. The van der Waals surface area contributed by atoms with Crippen LogP contribution >= 0.6 is 0 Å². The van der Waals surface area contributed by atoms with Crippen LogP contribution in [-0.4, -0.2) is 11.9 Å². The first-order chi connectivity index (χ1) is 6.88. The number of carbonyl (C=O) groups excluding carboxylic acids is 1. The molecule has 0 aromatic rings. The van der Waals surface area contributed by atoms with Crippen LogP contribution in [0.2, 0.25) is 0 Å². The van der Waals surface area contributed by atoms with Gasteiger partial charge in [-0.05, 0) is 25.2 Å². The molecule has 1 amide bonds. The summed E-state index contributed by atoms with van der Waals surface area (Å²) in [6, 6.07) is 2.19. The second-order valence-corrected chi connectivity index (χ2v) is 4.89. The van der Waals surface area contributed by atoms with E-state index in [1.807, 2.05) is 26.8 Å². The lowest BCUT2D eigenvalue weighted by atomic mass is 9.96. The van der Waals surface area contributed by atoms with E-state index in [2.05, 4.69) is 19.2 Å². The molecule has 2 unspecified atom stereocenters. The van der Waals surface area contributed by atoms with Crippen LogP contribution in [-0.2, 0) is 4.79 Å². The highest BCUT2D eigenvalue weighted by Gasteiger charge is 2.22. The molecule has 0 aliphatic rings. The molecule has 0 spiro atoms. The molecule has 0 radical (unpaired) electrons. The summed E-state index contributed by atoms with van der Waals surface area (Å²) in [5.74, 6) is -0.0404. The van der Waals surface area contributed by atoms with Gasteiger partial charge in [0.2, 0.25) is 5.91 Å². The SMILES string of the molecule is CC(C)CC(C)NC(=O)C(C#N)C(C)C. The smallest absolute Gasteiger partial charge is 0.237 e. The van der Waals surface area contributed by atoms with E-state index in [9.17, 15) is 4.79 Å².